The average Bonchev–Trinajstić information content (AvgIpc) is 2.87. The number of nitrogens with zero attached hydrogens (tertiary/aromatic N) is 1. The molecule has 0 aliphatic rings. The third-order valence-corrected chi connectivity index (χ3v) is 4.19. The molecular weight excluding hydrogens is 306 g/mol. The predicted octanol–water partition coefficient (Wildman–Crippen LogP) is 2.03. The van der Waals surface area contributed by atoms with Crippen LogP contribution in [0.25, 0.3) is 10.9 Å². The number of aromatic amines is 1. The summed E-state index contributed by atoms with van der Waals surface area (Å²) >= 11 is 0. The number of urea groups is 1. The van der Waals surface area contributed by atoms with Crippen LogP contribution in [0.1, 0.15) is 36.2 Å². The molecule has 1 aromatic carbocycles. The molecule has 2 aromatic rings. The molecule has 1 aromatic heterocycles. The van der Waals surface area contributed by atoms with E-state index in [2.05, 4.69) is 29.0 Å². The molecule has 0 aliphatic heterocycles. The zero-order valence-electron chi connectivity index (χ0n) is 14.2. The van der Waals surface area contributed by atoms with Crippen LogP contribution in [0.15, 0.2) is 18.2 Å². The van der Waals surface area contributed by atoms with Gasteiger partial charge in [-0.3, -0.25) is 10.1 Å². The summed E-state index contributed by atoms with van der Waals surface area (Å²) in [5.41, 5.74) is 12.7. The highest BCUT2D eigenvalue weighted by Gasteiger charge is 2.17. The monoisotopic (exact) mass is 331 g/mol. The number of nitrogens with two attached hydrogens (primary N) is 2. The van der Waals surface area contributed by atoms with Crippen LogP contribution in [-0.2, 0) is 6.42 Å². The number of primary amides is 2. The van der Waals surface area contributed by atoms with Gasteiger partial charge >= 0.3 is 6.03 Å². The molecule has 0 bridgehead atoms. The van der Waals surface area contributed by atoms with Gasteiger partial charge in [-0.15, -0.1) is 0 Å². The maximum atomic E-state index is 11.7. The Balaban J connectivity index is 2.21. The summed E-state index contributed by atoms with van der Waals surface area (Å²) in [7, 11) is 0. The van der Waals surface area contributed by atoms with E-state index in [4.69, 9.17) is 11.5 Å². The lowest BCUT2D eigenvalue weighted by Crippen LogP contribution is -2.24. The number of aryl methyl sites for hydroxylation is 1. The number of benzene rings is 1. The Hall–Kier alpha value is -2.54. The van der Waals surface area contributed by atoms with Crippen molar-refractivity contribution in [2.24, 2.45) is 11.5 Å². The fourth-order valence-corrected chi connectivity index (χ4v) is 2.92. The Morgan fingerprint density at radius 3 is 2.50 bits per heavy atom. The molecule has 0 saturated carbocycles. The van der Waals surface area contributed by atoms with Crippen molar-refractivity contribution in [1.29, 1.82) is 0 Å². The molecule has 2 rings (SSSR count). The Labute approximate surface area is 141 Å². The number of aromatic nitrogens is 1. The smallest absolute Gasteiger partial charge is 0.317 e. The molecule has 7 heteroatoms. The minimum atomic E-state index is -0.747. The van der Waals surface area contributed by atoms with Crippen molar-refractivity contribution in [3.05, 3.63) is 29.3 Å². The number of amides is 3. The quantitative estimate of drug-likeness (QED) is 0.593. The second-order valence-electron chi connectivity index (χ2n) is 5.74. The molecule has 3 amide bonds. The summed E-state index contributed by atoms with van der Waals surface area (Å²) in [5.74, 6) is -0.371. The maximum Gasteiger partial charge on any atom is 0.317 e. The highest BCUT2D eigenvalue weighted by Crippen LogP contribution is 2.27. The number of hydrogen-bond donors (Lipinski definition) is 4. The molecule has 0 aliphatic carbocycles. The van der Waals surface area contributed by atoms with Crippen molar-refractivity contribution in [2.75, 3.05) is 25.0 Å². The van der Waals surface area contributed by atoms with Gasteiger partial charge in [0.1, 0.15) is 5.82 Å². The molecule has 0 unspecified atom stereocenters. The van der Waals surface area contributed by atoms with Gasteiger partial charge in [-0.05, 0) is 44.1 Å². The van der Waals surface area contributed by atoms with Gasteiger partial charge in [0.2, 0.25) is 0 Å². The summed E-state index contributed by atoms with van der Waals surface area (Å²) in [6.07, 6.45) is 2.00. The van der Waals surface area contributed by atoms with Crippen LogP contribution in [0.3, 0.4) is 0 Å². The van der Waals surface area contributed by atoms with Crippen molar-refractivity contribution >= 4 is 28.7 Å². The van der Waals surface area contributed by atoms with Crippen molar-refractivity contribution in [2.45, 2.75) is 26.7 Å². The van der Waals surface area contributed by atoms with Gasteiger partial charge in [0.05, 0.1) is 5.56 Å². The first-order valence-electron chi connectivity index (χ1n) is 8.19. The van der Waals surface area contributed by atoms with Crippen LogP contribution in [0.5, 0.6) is 0 Å². The van der Waals surface area contributed by atoms with E-state index in [1.807, 2.05) is 18.2 Å². The predicted molar refractivity (Wildman–Crippen MR) is 96.1 cm³/mol. The topological polar surface area (TPSA) is 117 Å². The first-order valence-corrected chi connectivity index (χ1v) is 8.19. The third kappa shape index (κ3) is 4.05. The van der Waals surface area contributed by atoms with Gasteiger partial charge in [-0.25, -0.2) is 4.79 Å². The largest absolute Gasteiger partial charge is 0.365 e. The maximum absolute atomic E-state index is 11.7. The van der Waals surface area contributed by atoms with Crippen molar-refractivity contribution in [3.63, 3.8) is 0 Å². The number of nitrogens with one attached hydrogen (secondary N) is 2. The molecule has 6 N–H and O–H groups in total. The molecule has 0 saturated heterocycles. The van der Waals surface area contributed by atoms with Gasteiger partial charge in [-0.1, -0.05) is 26.0 Å². The van der Waals surface area contributed by atoms with E-state index < -0.39 is 11.9 Å². The van der Waals surface area contributed by atoms with Crippen LogP contribution in [0, 0.1) is 0 Å². The molecule has 0 atom stereocenters. The van der Waals surface area contributed by atoms with Gasteiger partial charge in [-0.2, -0.15) is 0 Å². The number of carbonyl (C=O) groups is 2. The van der Waals surface area contributed by atoms with Crippen molar-refractivity contribution < 1.29 is 9.59 Å². The summed E-state index contributed by atoms with van der Waals surface area (Å²) in [5, 5.41) is 3.09. The van der Waals surface area contributed by atoms with E-state index in [9.17, 15) is 9.59 Å². The number of anilines is 1. The first kappa shape index (κ1) is 17.8. The Morgan fingerprint density at radius 2 is 1.92 bits per heavy atom. The van der Waals surface area contributed by atoms with Crippen molar-refractivity contribution in [1.82, 2.24) is 9.88 Å². The SMILES string of the molecule is CCN(CC)CCCc1ccc2c(C(N)=O)c(NC(N)=O)[nH]c2c1. The highest BCUT2D eigenvalue weighted by molar-refractivity contribution is 6.12. The van der Waals surface area contributed by atoms with Gasteiger partial charge in [0, 0.05) is 10.9 Å². The summed E-state index contributed by atoms with van der Waals surface area (Å²) in [6, 6.07) is 5.07. The first-order chi connectivity index (χ1) is 11.5. The molecule has 7 nitrogen and oxygen atoms in total. The lowest BCUT2D eigenvalue weighted by atomic mass is 10.1. The summed E-state index contributed by atoms with van der Waals surface area (Å²) in [4.78, 5) is 28.2. The van der Waals surface area contributed by atoms with Crippen LogP contribution in [0.4, 0.5) is 10.6 Å². The molecule has 130 valence electrons. The number of fused-ring (bicyclic) bond motifs is 1. The van der Waals surface area contributed by atoms with Crippen molar-refractivity contribution in [3.8, 4) is 0 Å². The minimum absolute atomic E-state index is 0.241. The second kappa shape index (κ2) is 7.83. The zero-order chi connectivity index (χ0) is 17.7. The molecular formula is C17H25N5O2. The van der Waals surface area contributed by atoms with Gasteiger partial charge in [0.25, 0.3) is 5.91 Å². The standard InChI is InChI=1S/C17H25N5O2/c1-3-22(4-2)9-5-6-11-7-8-12-13(10-11)20-16(21-17(19)24)14(12)15(18)23/h7-8,10,20H,3-6,9H2,1-2H3,(H2,18,23)(H3,19,21,24). The highest BCUT2D eigenvalue weighted by atomic mass is 16.2. The fourth-order valence-electron chi connectivity index (χ4n) is 2.92. The van der Waals surface area contributed by atoms with Crippen LogP contribution in [0.2, 0.25) is 0 Å². The van der Waals surface area contributed by atoms with E-state index in [0.717, 1.165) is 43.6 Å². The molecule has 24 heavy (non-hydrogen) atoms. The zero-order valence-corrected chi connectivity index (χ0v) is 14.2. The molecule has 0 fully saturated rings. The van der Waals surface area contributed by atoms with E-state index in [1.54, 1.807) is 0 Å². The van der Waals surface area contributed by atoms with Crippen LogP contribution < -0.4 is 16.8 Å². The summed E-state index contributed by atoms with van der Waals surface area (Å²) in [6.45, 7) is 7.48. The Bertz CT molecular complexity index is 734. The Kier molecular flexibility index (Phi) is 5.81. The molecule has 1 heterocycles. The van der Waals surface area contributed by atoms with E-state index in [1.165, 1.54) is 0 Å². The van der Waals surface area contributed by atoms with Gasteiger partial charge in [0.15, 0.2) is 0 Å². The third-order valence-electron chi connectivity index (χ3n) is 4.19. The average molecular weight is 331 g/mol. The number of hydrogen-bond acceptors (Lipinski definition) is 3. The number of rotatable bonds is 8. The van der Waals surface area contributed by atoms with Crippen LogP contribution >= 0.6 is 0 Å². The fraction of sp³-hybridized carbons (Fsp3) is 0.412. The minimum Gasteiger partial charge on any atom is -0.365 e. The second-order valence-corrected chi connectivity index (χ2v) is 5.74. The van der Waals surface area contributed by atoms with Gasteiger partial charge < -0.3 is 21.4 Å². The lowest BCUT2D eigenvalue weighted by molar-refractivity contribution is 0.100. The van der Waals surface area contributed by atoms with E-state index in [-0.39, 0.29) is 11.4 Å². The number of carbonyl (C=O) groups excluding carboxylic acids is 2. The van der Waals surface area contributed by atoms with E-state index >= 15 is 0 Å². The molecule has 0 spiro atoms. The summed E-state index contributed by atoms with van der Waals surface area (Å²) < 4.78 is 0. The Morgan fingerprint density at radius 1 is 1.21 bits per heavy atom. The molecule has 0 radical (unpaired) electrons. The van der Waals surface area contributed by atoms with E-state index in [0.29, 0.717) is 5.39 Å². The normalized spacial score (nSPS) is 11.1. The lowest BCUT2D eigenvalue weighted by Gasteiger charge is -2.17. The number of H-pyrrole nitrogens is 1. The van der Waals surface area contributed by atoms with Crippen LogP contribution in [-0.4, -0.2) is 41.5 Å².